The normalized spacial score (nSPS) is 12.3. The van der Waals surface area contributed by atoms with Gasteiger partial charge in [-0.25, -0.2) is 8.42 Å². The molecule has 7 nitrogen and oxygen atoms in total. The summed E-state index contributed by atoms with van der Waals surface area (Å²) in [6, 6.07) is 5.21. The van der Waals surface area contributed by atoms with E-state index in [1.54, 1.807) is 13.2 Å². The van der Waals surface area contributed by atoms with E-state index >= 15 is 0 Å². The fourth-order valence-electron chi connectivity index (χ4n) is 1.45. The molecule has 0 atom stereocenters. The van der Waals surface area contributed by atoms with Gasteiger partial charge in [0, 0.05) is 19.3 Å². The molecule has 0 radical (unpaired) electrons. The maximum atomic E-state index is 12.7. The van der Waals surface area contributed by atoms with Crippen LogP contribution in [0.1, 0.15) is 0 Å². The number of hydrogen-bond acceptors (Lipinski definition) is 5. The molecular formula is C10H10FN3O4S2. The van der Waals surface area contributed by atoms with Crippen LogP contribution in [-0.2, 0) is 27.3 Å². The fraction of sp³-hybridized carbons (Fsp3) is 0.100. The summed E-state index contributed by atoms with van der Waals surface area (Å²) in [6.45, 7) is 0. The van der Waals surface area contributed by atoms with Gasteiger partial charge in [-0.2, -0.15) is 13.5 Å². The molecule has 2 aromatic rings. The average molecular weight is 319 g/mol. The molecule has 0 unspecified atom stereocenters. The zero-order chi connectivity index (χ0) is 15.0. The first kappa shape index (κ1) is 14.5. The van der Waals surface area contributed by atoms with E-state index < -0.39 is 25.1 Å². The molecule has 2 rings (SSSR count). The van der Waals surface area contributed by atoms with E-state index in [9.17, 15) is 20.7 Å². The van der Waals surface area contributed by atoms with Crippen molar-refractivity contribution in [3.8, 4) is 0 Å². The van der Waals surface area contributed by atoms with Crippen LogP contribution in [0.3, 0.4) is 0 Å². The highest BCUT2D eigenvalue weighted by Crippen LogP contribution is 2.18. The Morgan fingerprint density at radius 1 is 1.05 bits per heavy atom. The summed E-state index contributed by atoms with van der Waals surface area (Å²) < 4.78 is 61.5. The second kappa shape index (κ2) is 4.87. The molecule has 0 bridgehead atoms. The minimum atomic E-state index is -4.85. The van der Waals surface area contributed by atoms with Crippen molar-refractivity contribution in [2.24, 2.45) is 7.05 Å². The van der Waals surface area contributed by atoms with Crippen LogP contribution < -0.4 is 4.72 Å². The fourth-order valence-corrected chi connectivity index (χ4v) is 2.91. The summed E-state index contributed by atoms with van der Waals surface area (Å²) in [7, 11) is -7.13. The number of anilines is 1. The minimum absolute atomic E-state index is 0.120. The van der Waals surface area contributed by atoms with Crippen molar-refractivity contribution in [1.82, 2.24) is 9.78 Å². The third-order valence-electron chi connectivity index (χ3n) is 2.37. The Morgan fingerprint density at radius 3 is 2.05 bits per heavy atom. The molecule has 1 heterocycles. The number of aryl methyl sites for hydroxylation is 1. The number of rotatable bonds is 4. The average Bonchev–Trinajstić information content (AvgIpc) is 2.73. The summed E-state index contributed by atoms with van der Waals surface area (Å²) in [5.74, 6) is 0.120. The van der Waals surface area contributed by atoms with Crippen LogP contribution in [0.25, 0.3) is 0 Å². The Morgan fingerprint density at radius 2 is 1.60 bits per heavy atom. The highest BCUT2D eigenvalue weighted by atomic mass is 32.3. The Hall–Kier alpha value is -1.94. The van der Waals surface area contributed by atoms with Gasteiger partial charge in [-0.1, -0.05) is 0 Å². The van der Waals surface area contributed by atoms with Gasteiger partial charge in [0.15, 0.2) is 5.82 Å². The van der Waals surface area contributed by atoms with Crippen LogP contribution in [0, 0.1) is 0 Å². The van der Waals surface area contributed by atoms with E-state index in [0.717, 1.165) is 24.3 Å². The van der Waals surface area contributed by atoms with Gasteiger partial charge in [-0.3, -0.25) is 9.40 Å². The van der Waals surface area contributed by atoms with Crippen molar-refractivity contribution >= 4 is 26.1 Å². The lowest BCUT2D eigenvalue weighted by Crippen LogP contribution is -2.13. The zero-order valence-corrected chi connectivity index (χ0v) is 11.8. The molecular weight excluding hydrogens is 309 g/mol. The van der Waals surface area contributed by atoms with Gasteiger partial charge in [0.2, 0.25) is 0 Å². The predicted octanol–water partition coefficient (Wildman–Crippen LogP) is 0.879. The molecule has 10 heteroatoms. The molecule has 1 aromatic heterocycles. The highest BCUT2D eigenvalue weighted by molar-refractivity contribution is 7.92. The molecule has 0 aliphatic heterocycles. The Bertz CT molecular complexity index is 826. The van der Waals surface area contributed by atoms with Crippen LogP contribution in [0.2, 0.25) is 0 Å². The standard InChI is InChI=1S/C10H10FN3O4S2/c1-14-7-6-10(12-14)13-20(17,18)9-4-2-8(3-5-9)19(11,15)16/h2-7H,1H3,(H,12,13). The third-order valence-corrected chi connectivity index (χ3v) is 4.57. The lowest BCUT2D eigenvalue weighted by Gasteiger charge is -2.05. The Kier molecular flexibility index (Phi) is 3.52. The van der Waals surface area contributed by atoms with Gasteiger partial charge >= 0.3 is 10.2 Å². The van der Waals surface area contributed by atoms with Crippen molar-refractivity contribution in [3.05, 3.63) is 36.5 Å². The molecule has 0 aliphatic carbocycles. The maximum Gasteiger partial charge on any atom is 0.332 e. The lowest BCUT2D eigenvalue weighted by molar-refractivity contribution is 0.551. The summed E-state index contributed by atoms with van der Waals surface area (Å²) >= 11 is 0. The first-order valence-corrected chi connectivity index (χ1v) is 8.12. The zero-order valence-electron chi connectivity index (χ0n) is 10.2. The molecule has 108 valence electrons. The number of aromatic nitrogens is 2. The van der Waals surface area contributed by atoms with Gasteiger partial charge in [-0.05, 0) is 24.3 Å². The largest absolute Gasteiger partial charge is 0.332 e. The monoisotopic (exact) mass is 319 g/mol. The molecule has 0 saturated heterocycles. The first-order chi connectivity index (χ1) is 9.18. The van der Waals surface area contributed by atoms with Gasteiger partial charge in [0.05, 0.1) is 9.79 Å². The molecule has 0 aliphatic rings. The number of halogens is 1. The van der Waals surface area contributed by atoms with Crippen molar-refractivity contribution in [3.63, 3.8) is 0 Å². The van der Waals surface area contributed by atoms with Crippen molar-refractivity contribution in [2.75, 3.05) is 4.72 Å². The van der Waals surface area contributed by atoms with E-state index in [2.05, 4.69) is 9.82 Å². The van der Waals surface area contributed by atoms with Gasteiger partial charge in [0.1, 0.15) is 0 Å². The second-order valence-corrected chi connectivity index (χ2v) is 6.92. The third kappa shape index (κ3) is 3.14. The molecule has 1 N–H and O–H groups in total. The van der Waals surface area contributed by atoms with Crippen LogP contribution >= 0.6 is 0 Å². The first-order valence-electron chi connectivity index (χ1n) is 5.26. The van der Waals surface area contributed by atoms with Crippen LogP contribution in [0.15, 0.2) is 46.3 Å². The Balaban J connectivity index is 2.30. The topological polar surface area (TPSA) is 98.1 Å². The van der Waals surface area contributed by atoms with Gasteiger partial charge in [-0.15, -0.1) is 3.89 Å². The molecule has 1 aromatic carbocycles. The van der Waals surface area contributed by atoms with E-state index in [1.807, 2.05) is 0 Å². The molecule has 0 amide bonds. The van der Waals surface area contributed by atoms with Crippen LogP contribution in [-0.4, -0.2) is 26.6 Å². The number of hydrogen-bond donors (Lipinski definition) is 1. The van der Waals surface area contributed by atoms with E-state index in [0.29, 0.717) is 0 Å². The van der Waals surface area contributed by atoms with Crippen molar-refractivity contribution < 1.29 is 20.7 Å². The summed E-state index contributed by atoms with van der Waals surface area (Å²) in [6.07, 6.45) is 1.55. The number of nitrogens with one attached hydrogen (secondary N) is 1. The smallest absolute Gasteiger partial charge is 0.274 e. The van der Waals surface area contributed by atoms with E-state index in [1.165, 1.54) is 10.7 Å². The maximum absolute atomic E-state index is 12.7. The quantitative estimate of drug-likeness (QED) is 0.844. The minimum Gasteiger partial charge on any atom is -0.274 e. The summed E-state index contributed by atoms with van der Waals surface area (Å²) in [5, 5.41) is 3.85. The SMILES string of the molecule is Cn1ccc(NS(=O)(=O)c2ccc(S(=O)(=O)F)cc2)n1. The number of nitrogens with zero attached hydrogens (tertiary/aromatic N) is 2. The van der Waals surface area contributed by atoms with E-state index in [-0.39, 0.29) is 10.7 Å². The van der Waals surface area contributed by atoms with Crippen molar-refractivity contribution in [2.45, 2.75) is 9.79 Å². The Labute approximate surface area is 115 Å². The second-order valence-electron chi connectivity index (χ2n) is 3.89. The summed E-state index contributed by atoms with van der Waals surface area (Å²) in [5.41, 5.74) is 0. The predicted molar refractivity (Wildman–Crippen MR) is 68.8 cm³/mol. The van der Waals surface area contributed by atoms with Gasteiger partial charge in [0.25, 0.3) is 10.0 Å². The van der Waals surface area contributed by atoms with Crippen LogP contribution in [0.5, 0.6) is 0 Å². The molecule has 0 saturated carbocycles. The van der Waals surface area contributed by atoms with Crippen molar-refractivity contribution in [1.29, 1.82) is 0 Å². The lowest BCUT2D eigenvalue weighted by atomic mass is 10.4. The summed E-state index contributed by atoms with van der Waals surface area (Å²) in [4.78, 5) is -0.801. The molecule has 0 fully saturated rings. The van der Waals surface area contributed by atoms with Crippen LogP contribution in [0.4, 0.5) is 9.70 Å². The number of benzene rings is 1. The van der Waals surface area contributed by atoms with E-state index in [4.69, 9.17) is 0 Å². The highest BCUT2D eigenvalue weighted by Gasteiger charge is 2.18. The van der Waals surface area contributed by atoms with Gasteiger partial charge < -0.3 is 0 Å². The molecule has 0 spiro atoms. The number of sulfonamides is 1. The molecule has 20 heavy (non-hydrogen) atoms.